The van der Waals surface area contributed by atoms with Gasteiger partial charge in [0.2, 0.25) is 5.28 Å². The lowest BCUT2D eigenvalue weighted by atomic mass is 10.1. The zero-order valence-electron chi connectivity index (χ0n) is 10.4. The first-order valence-corrected chi connectivity index (χ1v) is 6.03. The van der Waals surface area contributed by atoms with Gasteiger partial charge >= 0.3 is 0 Å². The Kier molecular flexibility index (Phi) is 2.79. The fourth-order valence-electron chi connectivity index (χ4n) is 1.82. The van der Waals surface area contributed by atoms with E-state index in [2.05, 4.69) is 25.1 Å². The molecule has 0 amide bonds. The van der Waals surface area contributed by atoms with Crippen LogP contribution in [0.5, 0.6) is 0 Å². The van der Waals surface area contributed by atoms with Crippen LogP contribution in [0, 0.1) is 0 Å². The zero-order valence-corrected chi connectivity index (χ0v) is 11.2. The third-order valence-electron chi connectivity index (χ3n) is 2.76. The first kappa shape index (κ1) is 11.9. The summed E-state index contributed by atoms with van der Waals surface area (Å²) in [6, 6.07) is 3.88. The second kappa shape index (κ2) is 4.47. The third kappa shape index (κ3) is 2.10. The molecule has 3 heterocycles. The van der Waals surface area contributed by atoms with Crippen molar-refractivity contribution in [2.75, 3.05) is 19.0 Å². The summed E-state index contributed by atoms with van der Waals surface area (Å²) in [5.41, 5.74) is 2.22. The molecule has 96 valence electrons. The van der Waals surface area contributed by atoms with E-state index >= 15 is 0 Å². The number of fused-ring (bicyclic) bond motifs is 1. The summed E-state index contributed by atoms with van der Waals surface area (Å²) in [7, 11) is 3.88. The molecular formula is C12H11ClN6. The van der Waals surface area contributed by atoms with Crippen molar-refractivity contribution in [1.29, 1.82) is 0 Å². The van der Waals surface area contributed by atoms with Crippen LogP contribution in [0.4, 0.5) is 5.82 Å². The Labute approximate surface area is 114 Å². The number of nitrogens with one attached hydrogen (secondary N) is 1. The van der Waals surface area contributed by atoms with Crippen molar-refractivity contribution in [2.45, 2.75) is 0 Å². The number of pyridine rings is 1. The number of nitrogens with zero attached hydrogens (tertiary/aromatic N) is 5. The van der Waals surface area contributed by atoms with E-state index in [1.807, 2.05) is 31.1 Å². The lowest BCUT2D eigenvalue weighted by Gasteiger charge is -2.11. The molecule has 0 spiro atoms. The van der Waals surface area contributed by atoms with E-state index in [0.29, 0.717) is 5.65 Å². The summed E-state index contributed by atoms with van der Waals surface area (Å²) in [5, 5.41) is 7.75. The van der Waals surface area contributed by atoms with Crippen LogP contribution in [0.1, 0.15) is 0 Å². The highest BCUT2D eigenvalue weighted by atomic mass is 35.5. The first-order valence-electron chi connectivity index (χ1n) is 5.65. The molecule has 0 aromatic carbocycles. The van der Waals surface area contributed by atoms with Crippen LogP contribution in [-0.4, -0.2) is 39.2 Å². The summed E-state index contributed by atoms with van der Waals surface area (Å²) in [4.78, 5) is 14.6. The molecular weight excluding hydrogens is 264 g/mol. The topological polar surface area (TPSA) is 70.6 Å². The monoisotopic (exact) mass is 274 g/mol. The third-order valence-corrected chi connectivity index (χ3v) is 2.93. The van der Waals surface area contributed by atoms with Gasteiger partial charge in [-0.05, 0) is 23.7 Å². The maximum atomic E-state index is 5.91. The van der Waals surface area contributed by atoms with Gasteiger partial charge in [-0.2, -0.15) is 10.1 Å². The highest BCUT2D eigenvalue weighted by Gasteiger charge is 2.11. The summed E-state index contributed by atoms with van der Waals surface area (Å²) in [6.45, 7) is 0. The Hall–Kier alpha value is -2.21. The number of hydrogen-bond acceptors (Lipinski definition) is 5. The molecule has 0 atom stereocenters. The summed E-state index contributed by atoms with van der Waals surface area (Å²) in [6.07, 6.45) is 3.45. The van der Waals surface area contributed by atoms with Gasteiger partial charge in [0.1, 0.15) is 5.82 Å². The lowest BCUT2D eigenvalue weighted by Crippen LogP contribution is -2.10. The molecule has 3 aromatic heterocycles. The molecule has 0 aliphatic rings. The molecule has 19 heavy (non-hydrogen) atoms. The number of aromatic amines is 1. The number of rotatable bonds is 2. The SMILES string of the molecule is CN(C)c1ccc(-c2nc(Cl)nc3[nH]ncc23)cn1. The van der Waals surface area contributed by atoms with Crippen molar-refractivity contribution in [2.24, 2.45) is 0 Å². The van der Waals surface area contributed by atoms with E-state index in [1.54, 1.807) is 12.4 Å². The maximum absolute atomic E-state index is 5.91. The van der Waals surface area contributed by atoms with Crippen LogP contribution in [0.25, 0.3) is 22.3 Å². The van der Waals surface area contributed by atoms with Gasteiger partial charge in [-0.1, -0.05) is 0 Å². The quantitative estimate of drug-likeness (QED) is 0.725. The van der Waals surface area contributed by atoms with Crippen molar-refractivity contribution in [3.63, 3.8) is 0 Å². The Bertz CT molecular complexity index is 719. The van der Waals surface area contributed by atoms with Gasteiger partial charge in [-0.25, -0.2) is 9.97 Å². The molecule has 0 unspecified atom stereocenters. The van der Waals surface area contributed by atoms with E-state index < -0.39 is 0 Å². The Balaban J connectivity index is 2.15. The fourth-order valence-corrected chi connectivity index (χ4v) is 1.99. The largest absolute Gasteiger partial charge is 0.363 e. The summed E-state index contributed by atoms with van der Waals surface area (Å²) < 4.78 is 0. The predicted octanol–water partition coefficient (Wildman–Crippen LogP) is 2.13. The second-order valence-electron chi connectivity index (χ2n) is 4.27. The number of H-pyrrole nitrogens is 1. The lowest BCUT2D eigenvalue weighted by molar-refractivity contribution is 1.07. The van der Waals surface area contributed by atoms with Gasteiger partial charge in [0.05, 0.1) is 17.3 Å². The van der Waals surface area contributed by atoms with E-state index in [9.17, 15) is 0 Å². The summed E-state index contributed by atoms with van der Waals surface area (Å²) >= 11 is 5.91. The zero-order chi connectivity index (χ0) is 13.4. The van der Waals surface area contributed by atoms with Gasteiger partial charge in [0, 0.05) is 25.9 Å². The number of halogens is 1. The minimum atomic E-state index is 0.184. The predicted molar refractivity (Wildman–Crippen MR) is 74.3 cm³/mol. The van der Waals surface area contributed by atoms with Crippen molar-refractivity contribution < 1.29 is 0 Å². The van der Waals surface area contributed by atoms with Crippen LogP contribution in [0.2, 0.25) is 5.28 Å². The standard InChI is InChI=1S/C12H11ClN6/c1-19(2)9-4-3-7(5-14-9)10-8-6-15-18-11(8)17-12(13)16-10/h3-6H,1-2H3,(H,15,16,17,18). The minimum absolute atomic E-state index is 0.184. The van der Waals surface area contributed by atoms with Crippen molar-refractivity contribution in [1.82, 2.24) is 25.1 Å². The van der Waals surface area contributed by atoms with Gasteiger partial charge in [0.15, 0.2) is 5.65 Å². The number of aromatic nitrogens is 5. The first-order chi connectivity index (χ1) is 9.15. The van der Waals surface area contributed by atoms with Gasteiger partial charge < -0.3 is 4.90 Å². The molecule has 0 radical (unpaired) electrons. The Morgan fingerprint density at radius 1 is 1.16 bits per heavy atom. The Morgan fingerprint density at radius 2 is 2.00 bits per heavy atom. The Morgan fingerprint density at radius 3 is 2.68 bits per heavy atom. The molecule has 0 saturated heterocycles. The average molecular weight is 275 g/mol. The van der Waals surface area contributed by atoms with Crippen molar-refractivity contribution >= 4 is 28.5 Å². The molecule has 7 heteroatoms. The van der Waals surface area contributed by atoms with Crippen LogP contribution >= 0.6 is 11.6 Å². The molecule has 3 aromatic rings. The molecule has 1 N–H and O–H groups in total. The fraction of sp³-hybridized carbons (Fsp3) is 0.167. The van der Waals surface area contributed by atoms with Crippen LogP contribution in [0.15, 0.2) is 24.5 Å². The van der Waals surface area contributed by atoms with E-state index in [4.69, 9.17) is 11.6 Å². The second-order valence-corrected chi connectivity index (χ2v) is 4.61. The highest BCUT2D eigenvalue weighted by Crippen LogP contribution is 2.26. The molecule has 6 nitrogen and oxygen atoms in total. The molecule has 0 saturated carbocycles. The van der Waals surface area contributed by atoms with Gasteiger partial charge in [-0.15, -0.1) is 0 Å². The van der Waals surface area contributed by atoms with Crippen LogP contribution < -0.4 is 4.90 Å². The molecule has 0 fully saturated rings. The van der Waals surface area contributed by atoms with E-state index in [-0.39, 0.29) is 5.28 Å². The molecule has 0 aliphatic carbocycles. The average Bonchev–Trinajstić information content (AvgIpc) is 2.85. The van der Waals surface area contributed by atoms with E-state index in [1.165, 1.54) is 0 Å². The summed E-state index contributed by atoms with van der Waals surface area (Å²) in [5.74, 6) is 0.882. The minimum Gasteiger partial charge on any atom is -0.363 e. The molecule has 0 bridgehead atoms. The van der Waals surface area contributed by atoms with Gasteiger partial charge in [0.25, 0.3) is 0 Å². The highest BCUT2D eigenvalue weighted by molar-refractivity contribution is 6.28. The van der Waals surface area contributed by atoms with Crippen LogP contribution in [-0.2, 0) is 0 Å². The van der Waals surface area contributed by atoms with Crippen molar-refractivity contribution in [3.8, 4) is 11.3 Å². The van der Waals surface area contributed by atoms with Crippen LogP contribution in [0.3, 0.4) is 0 Å². The number of hydrogen-bond donors (Lipinski definition) is 1. The van der Waals surface area contributed by atoms with E-state index in [0.717, 1.165) is 22.5 Å². The van der Waals surface area contributed by atoms with Gasteiger partial charge in [-0.3, -0.25) is 5.10 Å². The molecule has 3 rings (SSSR count). The number of anilines is 1. The van der Waals surface area contributed by atoms with Crippen molar-refractivity contribution in [3.05, 3.63) is 29.8 Å². The molecule has 0 aliphatic heterocycles. The normalized spacial score (nSPS) is 10.9. The smallest absolute Gasteiger partial charge is 0.224 e. The maximum Gasteiger partial charge on any atom is 0.224 e.